The third-order valence-electron chi connectivity index (χ3n) is 1.90. The lowest BCUT2D eigenvalue weighted by Gasteiger charge is -2.04. The molecule has 13 heavy (non-hydrogen) atoms. The number of aliphatic hydroxyl groups is 1. The number of hydrogen-bond acceptors (Lipinski definition) is 3. The second-order valence-electron chi connectivity index (χ2n) is 3.60. The van der Waals surface area contributed by atoms with Gasteiger partial charge in [-0.1, -0.05) is 13.8 Å². The topological polar surface area (TPSA) is 64.1 Å². The molecule has 0 atom stereocenters. The molecule has 0 aliphatic heterocycles. The van der Waals surface area contributed by atoms with Gasteiger partial charge in [-0.2, -0.15) is 5.10 Å². The summed E-state index contributed by atoms with van der Waals surface area (Å²) in [6.45, 7) is 4.84. The molecule has 0 saturated heterocycles. The van der Waals surface area contributed by atoms with Crippen LogP contribution in [0.15, 0.2) is 6.20 Å². The standard InChI is InChI=1S/C9H17N3O/c1-7(2)5-8-6-11-12(3-4-13)9(8)10/h6-7,13H,3-5,10H2,1-2H3. The predicted octanol–water partition coefficient (Wildman–Crippen LogP) is 0.656. The average molecular weight is 183 g/mol. The molecule has 0 fully saturated rings. The van der Waals surface area contributed by atoms with Gasteiger partial charge in [0.15, 0.2) is 0 Å². The molecule has 0 aliphatic rings. The van der Waals surface area contributed by atoms with Crippen molar-refractivity contribution in [3.8, 4) is 0 Å². The van der Waals surface area contributed by atoms with E-state index in [1.54, 1.807) is 10.9 Å². The number of anilines is 1. The highest BCUT2D eigenvalue weighted by atomic mass is 16.3. The van der Waals surface area contributed by atoms with Crippen molar-refractivity contribution in [1.82, 2.24) is 9.78 Å². The second kappa shape index (κ2) is 4.28. The fourth-order valence-corrected chi connectivity index (χ4v) is 1.30. The Morgan fingerprint density at radius 2 is 2.31 bits per heavy atom. The zero-order chi connectivity index (χ0) is 9.84. The molecule has 0 spiro atoms. The molecule has 1 rings (SSSR count). The van der Waals surface area contributed by atoms with E-state index < -0.39 is 0 Å². The number of aliphatic hydroxyl groups excluding tert-OH is 1. The third kappa shape index (κ3) is 2.45. The van der Waals surface area contributed by atoms with Gasteiger partial charge in [-0.15, -0.1) is 0 Å². The minimum absolute atomic E-state index is 0.0764. The molecule has 0 saturated carbocycles. The fraction of sp³-hybridized carbons (Fsp3) is 0.667. The molecule has 4 nitrogen and oxygen atoms in total. The van der Waals surface area contributed by atoms with E-state index >= 15 is 0 Å². The summed E-state index contributed by atoms with van der Waals surface area (Å²) in [6, 6.07) is 0. The number of aromatic nitrogens is 2. The molecule has 1 aromatic rings. The summed E-state index contributed by atoms with van der Waals surface area (Å²) in [5.74, 6) is 1.26. The normalized spacial score (nSPS) is 11.1. The average Bonchev–Trinajstić information content (AvgIpc) is 2.36. The fourth-order valence-electron chi connectivity index (χ4n) is 1.30. The number of hydrogen-bond donors (Lipinski definition) is 2. The van der Waals surface area contributed by atoms with Crippen LogP contribution < -0.4 is 5.73 Å². The van der Waals surface area contributed by atoms with Crippen LogP contribution in [0.2, 0.25) is 0 Å². The SMILES string of the molecule is CC(C)Cc1cnn(CCO)c1N. The maximum Gasteiger partial charge on any atom is 0.124 e. The Hall–Kier alpha value is -1.03. The minimum Gasteiger partial charge on any atom is -0.394 e. The van der Waals surface area contributed by atoms with Crippen LogP contribution in [0.25, 0.3) is 0 Å². The molecule has 3 N–H and O–H groups in total. The van der Waals surface area contributed by atoms with E-state index in [0.29, 0.717) is 18.3 Å². The Morgan fingerprint density at radius 3 is 2.85 bits per heavy atom. The lowest BCUT2D eigenvalue weighted by atomic mass is 10.1. The van der Waals surface area contributed by atoms with E-state index in [9.17, 15) is 0 Å². The first-order chi connectivity index (χ1) is 6.15. The second-order valence-corrected chi connectivity index (χ2v) is 3.60. The Labute approximate surface area is 78.4 Å². The van der Waals surface area contributed by atoms with Gasteiger partial charge in [-0.05, 0) is 12.3 Å². The molecule has 0 radical (unpaired) electrons. The van der Waals surface area contributed by atoms with Crippen LogP contribution in [0, 0.1) is 5.92 Å². The van der Waals surface area contributed by atoms with Crippen LogP contribution in [-0.2, 0) is 13.0 Å². The first-order valence-corrected chi connectivity index (χ1v) is 4.56. The minimum atomic E-state index is 0.0764. The van der Waals surface area contributed by atoms with Gasteiger partial charge < -0.3 is 10.8 Å². The number of nitrogens with two attached hydrogens (primary N) is 1. The van der Waals surface area contributed by atoms with Crippen LogP contribution >= 0.6 is 0 Å². The molecule has 0 aliphatic carbocycles. The molecule has 0 amide bonds. The third-order valence-corrected chi connectivity index (χ3v) is 1.90. The summed E-state index contributed by atoms with van der Waals surface area (Å²) < 4.78 is 1.64. The van der Waals surface area contributed by atoms with E-state index in [0.717, 1.165) is 12.0 Å². The van der Waals surface area contributed by atoms with E-state index in [1.807, 2.05) is 0 Å². The van der Waals surface area contributed by atoms with Gasteiger partial charge in [0, 0.05) is 5.56 Å². The van der Waals surface area contributed by atoms with Crippen LogP contribution in [0.3, 0.4) is 0 Å². The first-order valence-electron chi connectivity index (χ1n) is 4.56. The Kier molecular flexibility index (Phi) is 3.31. The van der Waals surface area contributed by atoms with Crippen molar-refractivity contribution in [1.29, 1.82) is 0 Å². The maximum atomic E-state index is 8.72. The van der Waals surface area contributed by atoms with Crippen LogP contribution in [0.4, 0.5) is 5.82 Å². The van der Waals surface area contributed by atoms with Gasteiger partial charge in [0.05, 0.1) is 19.3 Å². The quantitative estimate of drug-likeness (QED) is 0.720. The summed E-state index contributed by atoms with van der Waals surface area (Å²) in [7, 11) is 0. The summed E-state index contributed by atoms with van der Waals surface area (Å²) in [5, 5.41) is 12.8. The molecule has 1 aromatic heterocycles. The smallest absolute Gasteiger partial charge is 0.124 e. The number of nitrogens with zero attached hydrogens (tertiary/aromatic N) is 2. The maximum absolute atomic E-state index is 8.72. The first kappa shape index (κ1) is 10.1. The van der Waals surface area contributed by atoms with E-state index in [1.165, 1.54) is 0 Å². The molecule has 4 heteroatoms. The highest BCUT2D eigenvalue weighted by Gasteiger charge is 2.07. The summed E-state index contributed by atoms with van der Waals surface area (Å²) >= 11 is 0. The van der Waals surface area contributed by atoms with E-state index in [2.05, 4.69) is 18.9 Å². The highest BCUT2D eigenvalue weighted by molar-refractivity contribution is 5.38. The molecule has 0 unspecified atom stereocenters. The Bertz CT molecular complexity index is 268. The van der Waals surface area contributed by atoms with E-state index in [4.69, 9.17) is 10.8 Å². The predicted molar refractivity (Wildman–Crippen MR) is 52.3 cm³/mol. The number of rotatable bonds is 4. The number of nitrogen functional groups attached to an aromatic ring is 1. The lowest BCUT2D eigenvalue weighted by Crippen LogP contribution is -2.08. The van der Waals surface area contributed by atoms with Gasteiger partial charge in [0.25, 0.3) is 0 Å². The lowest BCUT2D eigenvalue weighted by molar-refractivity contribution is 0.270. The van der Waals surface area contributed by atoms with Crippen molar-refractivity contribution in [3.63, 3.8) is 0 Å². The molecule has 0 aromatic carbocycles. The van der Waals surface area contributed by atoms with Crippen LogP contribution in [0.5, 0.6) is 0 Å². The Morgan fingerprint density at radius 1 is 1.62 bits per heavy atom. The summed E-state index contributed by atoms with van der Waals surface area (Å²) in [5.41, 5.74) is 6.90. The van der Waals surface area contributed by atoms with Gasteiger partial charge in [-0.3, -0.25) is 0 Å². The monoisotopic (exact) mass is 183 g/mol. The molecule has 74 valence electrons. The molecule has 1 heterocycles. The van der Waals surface area contributed by atoms with Crippen LogP contribution in [0.1, 0.15) is 19.4 Å². The molecular weight excluding hydrogens is 166 g/mol. The summed E-state index contributed by atoms with van der Waals surface area (Å²) in [4.78, 5) is 0. The van der Waals surface area contributed by atoms with Crippen LogP contribution in [-0.4, -0.2) is 21.5 Å². The van der Waals surface area contributed by atoms with Crippen molar-refractivity contribution in [2.75, 3.05) is 12.3 Å². The van der Waals surface area contributed by atoms with Crippen molar-refractivity contribution < 1.29 is 5.11 Å². The van der Waals surface area contributed by atoms with Crippen molar-refractivity contribution in [3.05, 3.63) is 11.8 Å². The molecular formula is C9H17N3O. The van der Waals surface area contributed by atoms with E-state index in [-0.39, 0.29) is 6.61 Å². The van der Waals surface area contributed by atoms with Gasteiger partial charge in [0.1, 0.15) is 5.82 Å². The largest absolute Gasteiger partial charge is 0.394 e. The van der Waals surface area contributed by atoms with Gasteiger partial charge in [-0.25, -0.2) is 4.68 Å². The zero-order valence-electron chi connectivity index (χ0n) is 8.20. The highest BCUT2D eigenvalue weighted by Crippen LogP contribution is 2.15. The Balaban J connectivity index is 2.74. The van der Waals surface area contributed by atoms with Gasteiger partial charge in [0.2, 0.25) is 0 Å². The van der Waals surface area contributed by atoms with Crippen molar-refractivity contribution in [2.45, 2.75) is 26.8 Å². The summed E-state index contributed by atoms with van der Waals surface area (Å²) in [6.07, 6.45) is 2.72. The van der Waals surface area contributed by atoms with Gasteiger partial charge >= 0.3 is 0 Å². The molecule has 0 bridgehead atoms. The van der Waals surface area contributed by atoms with Crippen molar-refractivity contribution >= 4 is 5.82 Å². The zero-order valence-corrected chi connectivity index (χ0v) is 8.20. The van der Waals surface area contributed by atoms with Crippen molar-refractivity contribution in [2.24, 2.45) is 5.92 Å².